The Bertz CT molecular complexity index is 4140. The maximum Gasteiger partial charge on any atom is 0.147 e. The van der Waals surface area contributed by atoms with Crippen LogP contribution >= 0.6 is 22.7 Å². The topological polar surface area (TPSA) is 42.5 Å². The zero-order chi connectivity index (χ0) is 41.9. The van der Waals surface area contributed by atoms with E-state index in [4.69, 9.17) is 9.41 Å². The Morgan fingerprint density at radius 3 is 1.91 bits per heavy atom. The number of hydrogen-bond donors (Lipinski definition) is 1. The van der Waals surface area contributed by atoms with E-state index in [0.29, 0.717) is 0 Å². The number of fused-ring (bicyclic) bond motifs is 13. The normalized spacial score (nSPS) is 14.9. The maximum atomic E-state index is 6.72. The summed E-state index contributed by atoms with van der Waals surface area (Å²) in [6.07, 6.45) is 3.54. The molecular weight excluding hydrogens is 819 g/mol. The van der Waals surface area contributed by atoms with Gasteiger partial charge in [-0.3, -0.25) is 4.99 Å². The summed E-state index contributed by atoms with van der Waals surface area (Å²) in [7, 11) is 0. The van der Waals surface area contributed by atoms with Crippen molar-refractivity contribution in [1.82, 2.24) is 9.88 Å². The van der Waals surface area contributed by atoms with Crippen LogP contribution in [-0.4, -0.2) is 10.3 Å². The third kappa shape index (κ3) is 5.49. The van der Waals surface area contributed by atoms with E-state index < -0.39 is 6.17 Å². The van der Waals surface area contributed by atoms with Gasteiger partial charge < -0.3 is 14.3 Å². The van der Waals surface area contributed by atoms with E-state index in [1.807, 2.05) is 22.7 Å². The van der Waals surface area contributed by atoms with Gasteiger partial charge in [-0.1, -0.05) is 127 Å². The molecule has 13 aromatic rings. The average Bonchev–Trinajstić information content (AvgIpc) is 4.09. The molecule has 0 spiro atoms. The molecule has 302 valence electrons. The minimum atomic E-state index is -0.492. The first-order valence-corrected chi connectivity index (χ1v) is 23.6. The first-order chi connectivity index (χ1) is 31.7. The monoisotopic (exact) mass is 855 g/mol. The molecular formula is C58H37N3OS2. The van der Waals surface area contributed by atoms with Gasteiger partial charge in [0.05, 0.1) is 16.7 Å². The SMILES string of the molecule is C1=C(c2ccc3c(c2)sc2ccccc23)NC(c2c(-n3c4ccccc4c4cc5ccccc5cc43)ccc3oc4ccccc4c23)N=C(c2ccc3c(c2)sc2ccccc23)CC1. The second kappa shape index (κ2) is 14.0. The van der Waals surface area contributed by atoms with E-state index in [2.05, 4.69) is 198 Å². The van der Waals surface area contributed by atoms with Crippen molar-refractivity contribution in [2.24, 2.45) is 4.99 Å². The van der Waals surface area contributed by atoms with Crippen LogP contribution in [0, 0.1) is 0 Å². The van der Waals surface area contributed by atoms with Crippen LogP contribution in [0.3, 0.4) is 0 Å². The van der Waals surface area contributed by atoms with Gasteiger partial charge in [0, 0.05) is 78.9 Å². The fourth-order valence-electron chi connectivity index (χ4n) is 10.4. The van der Waals surface area contributed by atoms with Crippen LogP contribution < -0.4 is 5.32 Å². The number of benzene rings is 9. The smallest absolute Gasteiger partial charge is 0.147 e. The van der Waals surface area contributed by atoms with Crippen LogP contribution in [0.1, 0.15) is 35.7 Å². The Balaban J connectivity index is 1.05. The van der Waals surface area contributed by atoms with Crippen molar-refractivity contribution < 1.29 is 4.42 Å². The van der Waals surface area contributed by atoms with E-state index in [9.17, 15) is 0 Å². The van der Waals surface area contributed by atoms with Crippen LogP contribution in [0.15, 0.2) is 197 Å². The summed E-state index contributed by atoms with van der Waals surface area (Å²) in [5.41, 5.74) is 10.6. The molecule has 5 heterocycles. The second-order valence-electron chi connectivity index (χ2n) is 16.9. The number of nitrogens with zero attached hydrogens (tertiary/aromatic N) is 2. The molecule has 1 unspecified atom stereocenters. The molecule has 0 saturated carbocycles. The summed E-state index contributed by atoms with van der Waals surface area (Å²) < 4.78 is 14.4. The van der Waals surface area contributed by atoms with Gasteiger partial charge in [-0.25, -0.2) is 0 Å². The molecule has 6 heteroatoms. The summed E-state index contributed by atoms with van der Waals surface area (Å²) in [5.74, 6) is 0. The molecule has 4 nitrogen and oxygen atoms in total. The number of aromatic nitrogens is 1. The zero-order valence-corrected chi connectivity index (χ0v) is 36.1. The van der Waals surface area contributed by atoms with E-state index in [-0.39, 0.29) is 0 Å². The van der Waals surface area contributed by atoms with Crippen molar-refractivity contribution in [3.8, 4) is 5.69 Å². The molecule has 1 atom stereocenters. The standard InChI is InChI=1S/C58H37N3OS2/c1-2-13-35-31-49-44(30-34(35)12-1)38-14-3-7-20-47(38)61(49)48-28-29-51-56(43-17-4-8-21-50(43)62-51)57(48)58-59-45(36-24-26-41-39-15-5-9-22-52(39)63-54(41)32-36)18-11-19-46(60-58)37-25-27-42-40-16-6-10-23-53(40)64-55(42)33-37/h1-10,12-18,20-33,58-59H,11,19H2. The quantitative estimate of drug-likeness (QED) is 0.192. The van der Waals surface area contributed by atoms with Crippen LogP contribution in [0.5, 0.6) is 0 Å². The number of aliphatic imine (C=N–C) groups is 1. The Morgan fingerprint density at radius 2 is 1.12 bits per heavy atom. The Kier molecular flexibility index (Phi) is 7.88. The fourth-order valence-corrected chi connectivity index (χ4v) is 12.7. The van der Waals surface area contributed by atoms with E-state index in [1.165, 1.54) is 61.9 Å². The first-order valence-electron chi connectivity index (χ1n) is 21.9. The molecule has 4 aromatic heterocycles. The first kappa shape index (κ1) is 36.0. The number of rotatable bonds is 4. The molecule has 0 aliphatic carbocycles. The summed E-state index contributed by atoms with van der Waals surface area (Å²) >= 11 is 3.71. The predicted molar refractivity (Wildman–Crippen MR) is 274 cm³/mol. The molecule has 0 saturated heterocycles. The highest BCUT2D eigenvalue weighted by molar-refractivity contribution is 7.26. The van der Waals surface area contributed by atoms with Crippen molar-refractivity contribution >= 4 is 129 Å². The molecule has 9 aromatic carbocycles. The molecule has 0 bridgehead atoms. The third-order valence-electron chi connectivity index (χ3n) is 13.3. The lowest BCUT2D eigenvalue weighted by Crippen LogP contribution is -2.23. The molecule has 1 aliphatic rings. The van der Waals surface area contributed by atoms with Gasteiger partial charge in [-0.05, 0) is 95.4 Å². The van der Waals surface area contributed by atoms with Crippen LogP contribution in [0.2, 0.25) is 0 Å². The number of thiophene rings is 2. The number of para-hydroxylation sites is 2. The van der Waals surface area contributed by atoms with Gasteiger partial charge >= 0.3 is 0 Å². The lowest BCUT2D eigenvalue weighted by molar-refractivity contribution is 0.655. The molecule has 0 amide bonds. The van der Waals surface area contributed by atoms with Gasteiger partial charge in [0.2, 0.25) is 0 Å². The van der Waals surface area contributed by atoms with Crippen molar-refractivity contribution in [3.05, 3.63) is 205 Å². The van der Waals surface area contributed by atoms with Gasteiger partial charge in [0.25, 0.3) is 0 Å². The van der Waals surface area contributed by atoms with Crippen LogP contribution in [0.25, 0.3) is 106 Å². The Hall–Kier alpha value is -7.51. The van der Waals surface area contributed by atoms with Gasteiger partial charge in [-0.2, -0.15) is 0 Å². The third-order valence-corrected chi connectivity index (χ3v) is 15.6. The highest BCUT2D eigenvalue weighted by Crippen LogP contribution is 2.44. The second-order valence-corrected chi connectivity index (χ2v) is 19.1. The molecule has 14 rings (SSSR count). The summed E-state index contributed by atoms with van der Waals surface area (Å²) in [6.45, 7) is 0. The molecule has 1 N–H and O–H groups in total. The highest BCUT2D eigenvalue weighted by atomic mass is 32.1. The Labute approximate surface area is 375 Å². The van der Waals surface area contributed by atoms with Crippen molar-refractivity contribution in [2.75, 3.05) is 0 Å². The van der Waals surface area contributed by atoms with Crippen molar-refractivity contribution in [1.29, 1.82) is 0 Å². The molecule has 1 aliphatic heterocycles. The number of nitrogens with one attached hydrogen (secondary N) is 1. The highest BCUT2D eigenvalue weighted by Gasteiger charge is 2.28. The van der Waals surface area contributed by atoms with Crippen LogP contribution in [0.4, 0.5) is 0 Å². The van der Waals surface area contributed by atoms with Crippen LogP contribution in [-0.2, 0) is 0 Å². The van der Waals surface area contributed by atoms with Gasteiger partial charge in [0.1, 0.15) is 17.3 Å². The zero-order valence-electron chi connectivity index (χ0n) is 34.5. The molecule has 0 radical (unpaired) electrons. The fraction of sp³-hybridized carbons (Fsp3) is 0.0517. The minimum Gasteiger partial charge on any atom is -0.456 e. The summed E-state index contributed by atoms with van der Waals surface area (Å²) in [6, 6.07) is 66.4. The van der Waals surface area contributed by atoms with Crippen molar-refractivity contribution in [3.63, 3.8) is 0 Å². The van der Waals surface area contributed by atoms with E-state index >= 15 is 0 Å². The number of furan rings is 1. The van der Waals surface area contributed by atoms with Gasteiger partial charge in [0.15, 0.2) is 0 Å². The lowest BCUT2D eigenvalue weighted by Gasteiger charge is -2.26. The largest absolute Gasteiger partial charge is 0.456 e. The number of allylic oxidation sites excluding steroid dienone is 1. The van der Waals surface area contributed by atoms with Crippen molar-refractivity contribution in [2.45, 2.75) is 19.0 Å². The maximum absolute atomic E-state index is 6.72. The minimum absolute atomic E-state index is 0.492. The summed E-state index contributed by atoms with van der Waals surface area (Å²) in [4.78, 5) is 5.94. The molecule has 0 fully saturated rings. The molecule has 64 heavy (non-hydrogen) atoms. The van der Waals surface area contributed by atoms with E-state index in [0.717, 1.165) is 79.6 Å². The number of hydrogen-bond acceptors (Lipinski definition) is 5. The average molecular weight is 856 g/mol. The Morgan fingerprint density at radius 1 is 0.500 bits per heavy atom. The van der Waals surface area contributed by atoms with Gasteiger partial charge in [-0.15, -0.1) is 22.7 Å². The predicted octanol–water partition coefficient (Wildman–Crippen LogP) is 16.5. The summed E-state index contributed by atoms with van der Waals surface area (Å²) in [5, 5.41) is 16.4. The van der Waals surface area contributed by atoms with E-state index in [1.54, 1.807) is 0 Å². The lowest BCUT2D eigenvalue weighted by atomic mass is 9.97.